The van der Waals surface area contributed by atoms with E-state index in [2.05, 4.69) is 0 Å². The molecule has 0 aliphatic carbocycles. The minimum absolute atomic E-state index is 0. The second kappa shape index (κ2) is 11.3. The first-order chi connectivity index (χ1) is 4.00. The molecule has 0 amide bonds. The standard InChI is InChI=1S/Cd.2H2O4S.H2O.Zn/c;2*1-5(2,3)4;;/h;2*(H2,1,2,3,4);1H2;/q+2;;;;+2/p-4. The second-order valence-corrected chi connectivity index (χ2v) is 2.45. The Labute approximate surface area is 107 Å². The van der Waals surface area contributed by atoms with Gasteiger partial charge in [0.05, 0.1) is 0 Å². The van der Waals surface area contributed by atoms with Crippen molar-refractivity contribution in [2.45, 2.75) is 0 Å². The van der Waals surface area contributed by atoms with E-state index in [9.17, 15) is 0 Å². The van der Waals surface area contributed by atoms with Crippen LogP contribution in [0.5, 0.6) is 0 Å². The molecule has 0 aliphatic rings. The molecule has 0 atom stereocenters. The summed E-state index contributed by atoms with van der Waals surface area (Å²) >= 11 is 0. The van der Waals surface area contributed by atoms with Gasteiger partial charge in [-0.05, 0) is 0 Å². The Morgan fingerprint density at radius 2 is 0.692 bits per heavy atom. The maximum Gasteiger partial charge on any atom is 2.00 e. The van der Waals surface area contributed by atoms with E-state index in [0.29, 0.717) is 0 Å². The van der Waals surface area contributed by atoms with Crippen molar-refractivity contribution in [3.8, 4) is 0 Å². The van der Waals surface area contributed by atoms with Gasteiger partial charge in [-0.15, -0.1) is 0 Å². The Hall–Kier alpha value is 1.25. The van der Waals surface area contributed by atoms with Crippen LogP contribution in [0.2, 0.25) is 0 Å². The fraction of sp³-hybridized carbons (Fsp3) is 0. The van der Waals surface area contributed by atoms with E-state index < -0.39 is 20.8 Å². The minimum Gasteiger partial charge on any atom is -0.759 e. The van der Waals surface area contributed by atoms with Crippen molar-refractivity contribution in [1.82, 2.24) is 0 Å². The van der Waals surface area contributed by atoms with E-state index in [-0.39, 0.29) is 52.3 Å². The van der Waals surface area contributed by atoms with Crippen molar-refractivity contribution in [3.05, 3.63) is 0 Å². The van der Waals surface area contributed by atoms with Crippen LogP contribution in [-0.4, -0.2) is 40.5 Å². The monoisotopic (exact) mass is 388 g/mol. The molecule has 2 N–H and O–H groups in total. The summed E-state index contributed by atoms with van der Waals surface area (Å²) in [4.78, 5) is 0. The average molecular weight is 388 g/mol. The van der Waals surface area contributed by atoms with Crippen LogP contribution >= 0.6 is 0 Å². The number of rotatable bonds is 0. The molecule has 0 aliphatic heterocycles. The average Bonchev–Trinajstić information content (AvgIpc) is 1.12. The molecule has 0 bridgehead atoms. The van der Waals surface area contributed by atoms with Gasteiger partial charge in [0.1, 0.15) is 0 Å². The Morgan fingerprint density at radius 1 is 0.692 bits per heavy atom. The van der Waals surface area contributed by atoms with Crippen molar-refractivity contribution in [1.29, 1.82) is 0 Å². The van der Waals surface area contributed by atoms with Gasteiger partial charge in [0, 0.05) is 20.8 Å². The minimum atomic E-state index is -5.17. The van der Waals surface area contributed by atoms with Crippen LogP contribution in [0.15, 0.2) is 0 Å². The van der Waals surface area contributed by atoms with Crippen LogP contribution < -0.4 is 0 Å². The van der Waals surface area contributed by atoms with Gasteiger partial charge in [-0.2, -0.15) is 0 Å². The zero-order valence-corrected chi connectivity index (χ0v) is 14.6. The van der Waals surface area contributed by atoms with E-state index >= 15 is 0 Å². The molecule has 0 spiro atoms. The smallest absolute Gasteiger partial charge is 0.759 e. The fourth-order valence-corrected chi connectivity index (χ4v) is 0. The molecule has 0 aromatic rings. The van der Waals surface area contributed by atoms with Gasteiger partial charge in [-0.1, -0.05) is 0 Å². The molecule has 0 aromatic heterocycles. The molecule has 9 nitrogen and oxygen atoms in total. The number of hydrogen-bond acceptors (Lipinski definition) is 8. The molecule has 0 unspecified atom stereocenters. The van der Waals surface area contributed by atoms with Gasteiger partial charge in [0.15, 0.2) is 0 Å². The largest absolute Gasteiger partial charge is 2.00 e. The van der Waals surface area contributed by atoms with Gasteiger partial charge < -0.3 is 23.7 Å². The van der Waals surface area contributed by atoms with Crippen LogP contribution in [0, 0.1) is 0 Å². The first-order valence-electron chi connectivity index (χ1n) is 1.33. The van der Waals surface area contributed by atoms with E-state index in [1.165, 1.54) is 0 Å². The third-order valence-corrected chi connectivity index (χ3v) is 0. The van der Waals surface area contributed by atoms with Crippen LogP contribution in [0.1, 0.15) is 0 Å². The molecular formula is H2CdO9S2Zn. The van der Waals surface area contributed by atoms with Crippen LogP contribution in [0.25, 0.3) is 0 Å². The quantitative estimate of drug-likeness (QED) is 0.232. The summed E-state index contributed by atoms with van der Waals surface area (Å²) in [6, 6.07) is 0. The molecule has 0 rings (SSSR count). The first-order valence-corrected chi connectivity index (χ1v) is 4.00. The SMILES string of the molecule is O.O=S(=O)([O-])[O-].O=S(=O)([O-])[O-].[Cd+2].[Zn+2]. The molecule has 0 saturated carbocycles. The second-order valence-electron chi connectivity index (χ2n) is 0.816. The normalized spacial score (nSPS) is 8.92. The maximum atomic E-state index is 8.52. The zero-order valence-electron chi connectivity index (χ0n) is 6.00. The van der Waals surface area contributed by atoms with Crippen molar-refractivity contribution < 1.29 is 87.3 Å². The topological polar surface area (TPSA) is 192 Å². The zero-order chi connectivity index (χ0) is 9.00. The third-order valence-electron chi connectivity index (χ3n) is 0. The van der Waals surface area contributed by atoms with Crippen molar-refractivity contribution >= 4 is 20.8 Å². The Bertz CT molecular complexity index is 214. The Kier molecular flexibility index (Phi) is 25.5. The Balaban J connectivity index is -0.0000000267. The molecule has 0 fully saturated rings. The summed E-state index contributed by atoms with van der Waals surface area (Å²) in [6.45, 7) is 0. The maximum absolute atomic E-state index is 8.52. The Morgan fingerprint density at radius 3 is 0.692 bits per heavy atom. The third kappa shape index (κ3) is 1080. The van der Waals surface area contributed by atoms with Gasteiger partial charge in [0.25, 0.3) is 0 Å². The molecule has 0 radical (unpaired) electrons. The first kappa shape index (κ1) is 29.2. The summed E-state index contributed by atoms with van der Waals surface area (Å²) in [7, 11) is -10.3. The molecule has 13 heteroatoms. The fourth-order valence-electron chi connectivity index (χ4n) is 0. The summed E-state index contributed by atoms with van der Waals surface area (Å²) in [5.41, 5.74) is 0. The van der Waals surface area contributed by atoms with Crippen LogP contribution in [-0.2, 0) is 67.6 Å². The van der Waals surface area contributed by atoms with Crippen molar-refractivity contribution in [3.63, 3.8) is 0 Å². The molecule has 0 saturated heterocycles. The van der Waals surface area contributed by atoms with Crippen molar-refractivity contribution in [2.75, 3.05) is 0 Å². The summed E-state index contributed by atoms with van der Waals surface area (Å²) in [5.74, 6) is 0. The van der Waals surface area contributed by atoms with Crippen LogP contribution in [0.4, 0.5) is 0 Å². The molecular weight excluding hydrogens is 386 g/mol. The molecule has 13 heavy (non-hydrogen) atoms. The van der Waals surface area contributed by atoms with Gasteiger partial charge >= 0.3 is 46.8 Å². The summed E-state index contributed by atoms with van der Waals surface area (Å²) in [6.07, 6.45) is 0. The van der Waals surface area contributed by atoms with Crippen LogP contribution in [0.3, 0.4) is 0 Å². The predicted molar refractivity (Wildman–Crippen MR) is 24.6 cm³/mol. The van der Waals surface area contributed by atoms with E-state index in [1.54, 1.807) is 0 Å². The van der Waals surface area contributed by atoms with E-state index in [1.807, 2.05) is 0 Å². The van der Waals surface area contributed by atoms with E-state index in [0.717, 1.165) is 0 Å². The van der Waals surface area contributed by atoms with Gasteiger partial charge in [0.2, 0.25) is 0 Å². The van der Waals surface area contributed by atoms with Crippen molar-refractivity contribution in [2.24, 2.45) is 0 Å². The molecule has 72 valence electrons. The molecule has 0 heterocycles. The van der Waals surface area contributed by atoms with E-state index in [4.69, 9.17) is 35.0 Å². The summed E-state index contributed by atoms with van der Waals surface area (Å²) in [5, 5.41) is 0. The van der Waals surface area contributed by atoms with Gasteiger partial charge in [-0.25, -0.2) is 0 Å². The molecule has 0 aromatic carbocycles. The van der Waals surface area contributed by atoms with Gasteiger partial charge in [-0.3, -0.25) is 16.8 Å². The predicted octanol–water partition coefficient (Wildman–Crippen LogP) is -3.51. The summed E-state index contributed by atoms with van der Waals surface area (Å²) < 4.78 is 68.2. The number of hydrogen-bond donors (Lipinski definition) is 0.